The van der Waals surface area contributed by atoms with Crippen molar-refractivity contribution in [3.8, 4) is 6.07 Å². The van der Waals surface area contributed by atoms with Gasteiger partial charge >= 0.3 is 0 Å². The normalized spacial score (nSPS) is 11.6. The van der Waals surface area contributed by atoms with Gasteiger partial charge in [0.2, 0.25) is 5.91 Å². The van der Waals surface area contributed by atoms with Gasteiger partial charge in [0.05, 0.1) is 11.6 Å². The van der Waals surface area contributed by atoms with Crippen molar-refractivity contribution < 1.29 is 9.59 Å². The van der Waals surface area contributed by atoms with Crippen molar-refractivity contribution in [1.29, 1.82) is 5.26 Å². The number of carbonyl (C=O) groups excluding carboxylic acids is 2. The molecule has 5 heteroatoms. The third kappa shape index (κ3) is 4.73. The maximum absolute atomic E-state index is 12.0. The molecule has 1 unspecified atom stereocenters. The maximum Gasteiger partial charge on any atom is 0.251 e. The summed E-state index contributed by atoms with van der Waals surface area (Å²) >= 11 is 0. The highest BCUT2D eigenvalue weighted by molar-refractivity contribution is 5.97. The van der Waals surface area contributed by atoms with Crippen molar-refractivity contribution in [2.24, 2.45) is 5.92 Å². The Morgan fingerprint density at radius 1 is 1.30 bits per heavy atom. The van der Waals surface area contributed by atoms with Crippen molar-refractivity contribution >= 4 is 11.8 Å². The van der Waals surface area contributed by atoms with Gasteiger partial charge in [0, 0.05) is 12.1 Å². The van der Waals surface area contributed by atoms with Gasteiger partial charge < -0.3 is 10.6 Å². The van der Waals surface area contributed by atoms with Crippen LogP contribution in [0.5, 0.6) is 0 Å². The lowest BCUT2D eigenvalue weighted by molar-refractivity contribution is -0.122. The molecule has 0 bridgehead atoms. The summed E-state index contributed by atoms with van der Waals surface area (Å²) < 4.78 is 0. The largest absolute Gasteiger partial charge is 0.354 e. The van der Waals surface area contributed by atoms with E-state index < -0.39 is 6.04 Å². The topological polar surface area (TPSA) is 82.0 Å². The van der Waals surface area contributed by atoms with Crippen LogP contribution in [0.1, 0.15) is 36.7 Å². The molecule has 0 fully saturated rings. The highest BCUT2D eigenvalue weighted by Crippen LogP contribution is 2.04. The quantitative estimate of drug-likeness (QED) is 0.851. The van der Waals surface area contributed by atoms with E-state index in [1.54, 1.807) is 25.1 Å². The molecule has 0 aromatic heterocycles. The van der Waals surface area contributed by atoms with E-state index in [2.05, 4.69) is 10.6 Å². The average molecular weight is 273 g/mol. The van der Waals surface area contributed by atoms with Gasteiger partial charge in [-0.25, -0.2) is 0 Å². The second-order valence-electron chi connectivity index (χ2n) is 5.03. The van der Waals surface area contributed by atoms with E-state index in [1.165, 1.54) is 6.07 Å². The molecule has 1 atom stereocenters. The van der Waals surface area contributed by atoms with Crippen LogP contribution in [0, 0.1) is 17.2 Å². The standard InChI is InChI=1S/C15H19N3O2/c1-10(2)9-17-14(19)11(3)18-15(20)13-6-4-5-12(7-13)8-16/h4-7,10-11H,9H2,1-3H3,(H,17,19)(H,18,20). The van der Waals surface area contributed by atoms with Crippen LogP contribution in [0.4, 0.5) is 0 Å². The predicted molar refractivity (Wildman–Crippen MR) is 75.9 cm³/mol. The SMILES string of the molecule is CC(C)CNC(=O)C(C)NC(=O)c1cccc(C#N)c1. The molecule has 1 aromatic carbocycles. The van der Waals surface area contributed by atoms with E-state index in [9.17, 15) is 9.59 Å². The number of hydrogen-bond acceptors (Lipinski definition) is 3. The lowest BCUT2D eigenvalue weighted by atomic mass is 10.1. The number of carbonyl (C=O) groups is 2. The van der Waals surface area contributed by atoms with Gasteiger partial charge in [-0.3, -0.25) is 9.59 Å². The van der Waals surface area contributed by atoms with E-state index in [0.717, 1.165) is 0 Å². The van der Waals surface area contributed by atoms with Crippen LogP contribution in [0.15, 0.2) is 24.3 Å². The van der Waals surface area contributed by atoms with E-state index >= 15 is 0 Å². The van der Waals surface area contributed by atoms with Gasteiger partial charge in [-0.05, 0) is 31.0 Å². The summed E-state index contributed by atoms with van der Waals surface area (Å²) in [5, 5.41) is 14.2. The third-order valence-corrected chi connectivity index (χ3v) is 2.68. The molecule has 1 rings (SSSR count). The second-order valence-corrected chi connectivity index (χ2v) is 5.03. The van der Waals surface area contributed by atoms with Crippen molar-refractivity contribution in [2.45, 2.75) is 26.8 Å². The zero-order chi connectivity index (χ0) is 15.1. The summed E-state index contributed by atoms with van der Waals surface area (Å²) in [5.74, 6) is -0.230. The molecule has 0 saturated heterocycles. The van der Waals surface area contributed by atoms with Crippen molar-refractivity contribution in [3.63, 3.8) is 0 Å². The van der Waals surface area contributed by atoms with Gasteiger partial charge in [-0.2, -0.15) is 5.26 Å². The van der Waals surface area contributed by atoms with E-state index in [-0.39, 0.29) is 11.8 Å². The van der Waals surface area contributed by atoms with Crippen molar-refractivity contribution in [1.82, 2.24) is 10.6 Å². The first kappa shape index (κ1) is 15.7. The van der Waals surface area contributed by atoms with Gasteiger partial charge in [0.25, 0.3) is 5.91 Å². The van der Waals surface area contributed by atoms with Crippen LogP contribution in [0.2, 0.25) is 0 Å². The molecule has 0 heterocycles. The van der Waals surface area contributed by atoms with Crippen LogP contribution < -0.4 is 10.6 Å². The molecular weight excluding hydrogens is 254 g/mol. The molecule has 106 valence electrons. The zero-order valence-corrected chi connectivity index (χ0v) is 11.9. The smallest absolute Gasteiger partial charge is 0.251 e. The molecule has 0 spiro atoms. The molecule has 0 radical (unpaired) electrons. The molecule has 2 amide bonds. The Labute approximate surface area is 119 Å². The van der Waals surface area contributed by atoms with Gasteiger partial charge in [-0.1, -0.05) is 19.9 Å². The molecule has 5 nitrogen and oxygen atoms in total. The van der Waals surface area contributed by atoms with Crippen LogP contribution >= 0.6 is 0 Å². The highest BCUT2D eigenvalue weighted by Gasteiger charge is 2.16. The number of nitrogens with zero attached hydrogens (tertiary/aromatic N) is 1. The molecule has 1 aromatic rings. The minimum Gasteiger partial charge on any atom is -0.354 e. The molecule has 0 aliphatic carbocycles. The van der Waals surface area contributed by atoms with Crippen LogP contribution in [0.3, 0.4) is 0 Å². The first-order valence-electron chi connectivity index (χ1n) is 6.52. The number of benzene rings is 1. The lowest BCUT2D eigenvalue weighted by Crippen LogP contribution is -2.45. The Hall–Kier alpha value is -2.35. The number of amides is 2. The first-order valence-corrected chi connectivity index (χ1v) is 6.52. The highest BCUT2D eigenvalue weighted by atomic mass is 16.2. The number of rotatable bonds is 5. The van der Waals surface area contributed by atoms with E-state index in [1.807, 2.05) is 19.9 Å². The Kier molecular flexibility index (Phi) is 5.73. The summed E-state index contributed by atoms with van der Waals surface area (Å²) in [4.78, 5) is 23.7. The number of nitriles is 1. The summed E-state index contributed by atoms with van der Waals surface area (Å²) in [6.07, 6.45) is 0. The Morgan fingerprint density at radius 3 is 2.60 bits per heavy atom. The van der Waals surface area contributed by atoms with Gasteiger partial charge in [0.15, 0.2) is 0 Å². The van der Waals surface area contributed by atoms with E-state index in [0.29, 0.717) is 23.6 Å². The molecular formula is C15H19N3O2. The Morgan fingerprint density at radius 2 is 2.00 bits per heavy atom. The molecule has 0 aliphatic rings. The maximum atomic E-state index is 12.0. The van der Waals surface area contributed by atoms with Gasteiger partial charge in [-0.15, -0.1) is 0 Å². The fourth-order valence-electron chi connectivity index (χ4n) is 1.53. The zero-order valence-electron chi connectivity index (χ0n) is 11.9. The first-order chi connectivity index (χ1) is 9.43. The summed E-state index contributed by atoms with van der Waals surface area (Å²) in [7, 11) is 0. The average Bonchev–Trinajstić information content (AvgIpc) is 2.44. The van der Waals surface area contributed by atoms with E-state index in [4.69, 9.17) is 5.26 Å². The molecule has 0 aliphatic heterocycles. The molecule has 0 saturated carbocycles. The Balaban J connectivity index is 2.61. The predicted octanol–water partition coefficient (Wildman–Crippen LogP) is 1.45. The lowest BCUT2D eigenvalue weighted by Gasteiger charge is -2.15. The van der Waals surface area contributed by atoms with Crippen molar-refractivity contribution in [3.05, 3.63) is 35.4 Å². The minimum absolute atomic E-state index is 0.219. The monoisotopic (exact) mass is 273 g/mol. The third-order valence-electron chi connectivity index (χ3n) is 2.68. The summed E-state index contributed by atoms with van der Waals surface area (Å²) in [6.45, 7) is 6.19. The van der Waals surface area contributed by atoms with Gasteiger partial charge in [0.1, 0.15) is 6.04 Å². The number of nitrogens with one attached hydrogen (secondary N) is 2. The summed E-state index contributed by atoms with van der Waals surface area (Å²) in [5.41, 5.74) is 0.780. The molecule has 2 N–H and O–H groups in total. The van der Waals surface area contributed by atoms with Crippen LogP contribution in [-0.4, -0.2) is 24.4 Å². The fraction of sp³-hybridized carbons (Fsp3) is 0.400. The minimum atomic E-state index is -0.619. The molecule has 20 heavy (non-hydrogen) atoms. The van der Waals surface area contributed by atoms with Crippen LogP contribution in [0.25, 0.3) is 0 Å². The number of hydrogen-bond donors (Lipinski definition) is 2. The fourth-order valence-corrected chi connectivity index (χ4v) is 1.53. The Bertz CT molecular complexity index is 532. The summed E-state index contributed by atoms with van der Waals surface area (Å²) in [6, 6.07) is 7.71. The van der Waals surface area contributed by atoms with Crippen LogP contribution in [-0.2, 0) is 4.79 Å². The second kappa shape index (κ2) is 7.29. The van der Waals surface area contributed by atoms with Crippen molar-refractivity contribution in [2.75, 3.05) is 6.54 Å².